The van der Waals surface area contributed by atoms with Gasteiger partial charge in [0.1, 0.15) is 46.2 Å². The average Bonchev–Trinajstić information content (AvgIpc) is 1.72. The minimum atomic E-state index is -3.33. The van der Waals surface area contributed by atoms with E-state index in [0.717, 1.165) is 21.9 Å². The van der Waals surface area contributed by atoms with Crippen molar-refractivity contribution in [3.63, 3.8) is 0 Å². The van der Waals surface area contributed by atoms with Gasteiger partial charge in [-0.3, -0.25) is 9.97 Å². The highest BCUT2D eigenvalue weighted by Crippen LogP contribution is 2.38. The Morgan fingerprint density at radius 2 is 0.726 bits per heavy atom. The maximum atomic E-state index is 12.2. The molecule has 4 aromatic heterocycles. The molecule has 22 heteroatoms. The molecule has 4 heterocycles. The van der Waals surface area contributed by atoms with Crippen molar-refractivity contribution in [2.24, 2.45) is 0 Å². The molecule has 0 atom stereocenters. The number of halogens is 4. The van der Waals surface area contributed by atoms with Crippen molar-refractivity contribution in [2.45, 2.75) is 0 Å². The van der Waals surface area contributed by atoms with Crippen molar-refractivity contribution in [2.75, 3.05) is 0 Å². The zero-order valence-corrected chi connectivity index (χ0v) is 48.0. The van der Waals surface area contributed by atoms with Crippen molar-refractivity contribution in [1.82, 2.24) is 28.9 Å². The fraction of sp³-hybridized carbons (Fsp3) is 0. The van der Waals surface area contributed by atoms with E-state index in [0.29, 0.717) is 55.4 Å². The predicted molar refractivity (Wildman–Crippen MR) is 334 cm³/mol. The standard InChI is InChI=1S/C62H36B2Cl4N8O6S2/c65-47-29-51-53(31-49(47)67)73-55(35-71-51)45(33-69)61-58-57(59(37-21-25-43(26-22-37)81-83(77)78)75(61)63(39-13-5-1-6-14-39)40-15-7-2-8-16-40)62(46(34-70)56-36-72-52-30-48(66)50(68)32-54(52)74-56)76(60(58)38-23-27-44(28-24-38)82-84(79)80)64(41-17-9-3-10-18-41)42-19-11-4-12-20-42/h1-32,35-36,83-84H/b61-45-,62-46-. The molecule has 0 radical (unpaired) electrons. The summed E-state index contributed by atoms with van der Waals surface area (Å²) >= 11 is 26.4. The summed E-state index contributed by atoms with van der Waals surface area (Å²) in [6.45, 7) is -1.62. The molecule has 12 rings (SSSR count). The van der Waals surface area contributed by atoms with Gasteiger partial charge >= 0.3 is 13.7 Å². The van der Waals surface area contributed by atoms with E-state index in [-0.39, 0.29) is 64.8 Å². The molecule has 0 aliphatic heterocycles. The zero-order chi connectivity index (χ0) is 58.2. The topological polar surface area (TPSA) is 196 Å². The molecule has 0 saturated heterocycles. The second-order valence-electron chi connectivity index (χ2n) is 19.0. The number of rotatable bonds is 14. The maximum Gasteiger partial charge on any atom is 0.328 e. The molecule has 0 aliphatic carbocycles. The van der Waals surface area contributed by atoms with Crippen LogP contribution < -0.4 is 40.9 Å². The Hall–Kier alpha value is -9.23. The van der Waals surface area contributed by atoms with Gasteiger partial charge in [-0.2, -0.15) is 27.4 Å². The Morgan fingerprint density at radius 1 is 0.429 bits per heavy atom. The third-order valence-corrected chi connectivity index (χ3v) is 16.3. The largest absolute Gasteiger partial charge is 0.384 e. The van der Waals surface area contributed by atoms with Crippen LogP contribution in [0.4, 0.5) is 0 Å². The molecule has 8 aromatic carbocycles. The Bertz CT molecular complexity index is 4570. The first kappa shape index (κ1) is 55.3. The first-order valence-electron chi connectivity index (χ1n) is 25.6. The summed E-state index contributed by atoms with van der Waals surface area (Å²) in [5.74, 6) is 0.0368. The number of thiol groups is 2. The minimum absolute atomic E-state index is 0.0184. The summed E-state index contributed by atoms with van der Waals surface area (Å²) < 4.78 is 63.1. The van der Waals surface area contributed by atoms with Crippen LogP contribution >= 0.6 is 46.4 Å². The van der Waals surface area contributed by atoms with Crippen molar-refractivity contribution < 1.29 is 25.2 Å². The zero-order valence-electron chi connectivity index (χ0n) is 43.2. The molecule has 0 spiro atoms. The number of hydrogen-bond donors (Lipinski definition) is 2. The van der Waals surface area contributed by atoms with Crippen LogP contribution in [0, 0.1) is 22.7 Å². The number of benzene rings is 8. The van der Waals surface area contributed by atoms with Crippen molar-refractivity contribution in [1.29, 1.82) is 10.5 Å². The summed E-state index contributed by atoms with van der Waals surface area (Å²) in [6.07, 6.45) is 2.98. The lowest BCUT2D eigenvalue weighted by Gasteiger charge is -2.24. The molecule has 14 nitrogen and oxygen atoms in total. The highest BCUT2D eigenvalue weighted by Gasteiger charge is 2.37. The third kappa shape index (κ3) is 10.5. The number of nitriles is 2. The number of nitrogens with zero attached hydrogens (tertiary/aromatic N) is 8. The molecule has 0 amide bonds. The third-order valence-electron chi connectivity index (χ3n) is 14.1. The van der Waals surface area contributed by atoms with Crippen LogP contribution in [-0.2, 0) is 22.0 Å². The van der Waals surface area contributed by atoms with E-state index in [1.807, 2.05) is 130 Å². The van der Waals surface area contributed by atoms with Crippen LogP contribution in [0.5, 0.6) is 11.5 Å². The number of aromatic nitrogens is 6. The molecule has 0 aliphatic rings. The van der Waals surface area contributed by atoms with Gasteiger partial charge in [0.2, 0.25) is 0 Å². The van der Waals surface area contributed by atoms with Gasteiger partial charge in [-0.15, -0.1) is 0 Å². The van der Waals surface area contributed by atoms with Crippen molar-refractivity contribution >= 4 is 148 Å². The van der Waals surface area contributed by atoms with Gasteiger partial charge in [-0.05, 0) is 83.9 Å². The molecule has 0 N–H and O–H groups in total. The second kappa shape index (κ2) is 23.6. The van der Waals surface area contributed by atoms with Crippen LogP contribution in [-0.4, -0.2) is 59.4 Å². The Morgan fingerprint density at radius 3 is 1.01 bits per heavy atom. The van der Waals surface area contributed by atoms with E-state index in [1.165, 1.54) is 36.7 Å². The van der Waals surface area contributed by atoms with E-state index >= 15 is 0 Å². The Balaban J connectivity index is 1.44. The normalized spacial score (nSPS) is 12.1. The van der Waals surface area contributed by atoms with E-state index in [4.69, 9.17) is 74.7 Å². The van der Waals surface area contributed by atoms with Gasteiger partial charge in [-0.25, -0.2) is 9.97 Å². The lowest BCUT2D eigenvalue weighted by atomic mass is 9.50. The summed E-state index contributed by atoms with van der Waals surface area (Å²) in [4.78, 5) is 19.8. The van der Waals surface area contributed by atoms with Crippen molar-refractivity contribution in [3.8, 4) is 46.2 Å². The predicted octanol–water partition coefficient (Wildman–Crippen LogP) is 8.84. The van der Waals surface area contributed by atoms with Crippen LogP contribution in [0.15, 0.2) is 207 Å². The van der Waals surface area contributed by atoms with E-state index < -0.39 is 35.7 Å². The monoisotopic (exact) mass is 1210 g/mol. The summed E-state index contributed by atoms with van der Waals surface area (Å²) in [7, 11) is -6.65. The number of fused-ring (bicyclic) bond motifs is 3. The molecular formula is C62H36B2Cl4N8O6S2. The first-order chi connectivity index (χ1) is 40.9. The van der Waals surface area contributed by atoms with Crippen LogP contribution in [0.2, 0.25) is 20.1 Å². The molecule has 84 heavy (non-hydrogen) atoms. The fourth-order valence-electron chi connectivity index (χ4n) is 10.7. The molecule has 0 unspecified atom stereocenters. The molecular weight excluding hydrogens is 1180 g/mol. The van der Waals surface area contributed by atoms with Crippen molar-refractivity contribution in [3.05, 3.63) is 249 Å². The van der Waals surface area contributed by atoms with Gasteiger partial charge in [-0.1, -0.05) is 190 Å². The molecule has 0 fully saturated rings. The van der Waals surface area contributed by atoms with Crippen LogP contribution in [0.3, 0.4) is 0 Å². The quantitative estimate of drug-likeness (QED) is 0.0777. The van der Waals surface area contributed by atoms with Gasteiger partial charge in [0.05, 0.1) is 65.2 Å². The molecule has 0 saturated carbocycles. The first-order valence-corrected chi connectivity index (χ1v) is 29.3. The van der Waals surface area contributed by atoms with Gasteiger partial charge < -0.3 is 17.3 Å². The highest BCUT2D eigenvalue weighted by atomic mass is 35.5. The lowest BCUT2D eigenvalue weighted by molar-refractivity contribution is 0.509. The smallest absolute Gasteiger partial charge is 0.328 e. The van der Waals surface area contributed by atoms with E-state index in [1.54, 1.807) is 48.5 Å². The summed E-state index contributed by atoms with van der Waals surface area (Å²) in [5.41, 5.74) is 6.66. The lowest BCUT2D eigenvalue weighted by Crippen LogP contribution is -2.54. The van der Waals surface area contributed by atoms with Gasteiger partial charge in [0.25, 0.3) is 22.0 Å². The minimum Gasteiger partial charge on any atom is -0.384 e. The molecule has 12 aromatic rings. The van der Waals surface area contributed by atoms with E-state index in [2.05, 4.69) is 12.1 Å². The fourth-order valence-corrected chi connectivity index (χ4v) is 12.0. The number of hydrogen-bond acceptors (Lipinski definition) is 12. The second-order valence-corrected chi connectivity index (χ2v) is 21.9. The SMILES string of the molecule is N#C/C(c1cnc2cc(Cl)c(Cl)cc2n1)=c1\c2c(-c3ccc(O[SH](=O)=O)cc3)n(B(c3ccccc3)c3ccccc3)/c(=C(/C#N)c3cnc4cc(Cl)c(Cl)cc4n3)c2c(-c2ccc(O[SH](=O)=O)cc2)n1B(c1ccccc1)c1ccccc1. The molecule has 406 valence electrons. The highest BCUT2D eigenvalue weighted by molar-refractivity contribution is 7.67. The molecule has 0 bridgehead atoms. The van der Waals surface area contributed by atoms with Crippen LogP contribution in [0.1, 0.15) is 11.4 Å². The maximum absolute atomic E-state index is 12.2. The van der Waals surface area contributed by atoms with Crippen LogP contribution in [0.25, 0.3) is 66.5 Å². The van der Waals surface area contributed by atoms with Gasteiger partial charge in [0, 0.05) is 22.2 Å². The van der Waals surface area contributed by atoms with Gasteiger partial charge in [0.15, 0.2) is 0 Å². The summed E-state index contributed by atoms with van der Waals surface area (Å²) in [5, 5.41) is 26.8. The average molecular weight is 1220 g/mol. The Labute approximate surface area is 503 Å². The Kier molecular flexibility index (Phi) is 15.5. The van der Waals surface area contributed by atoms with E-state index in [9.17, 15) is 27.4 Å². The summed E-state index contributed by atoms with van der Waals surface area (Å²) in [6, 6.07) is 63.1.